The van der Waals surface area contributed by atoms with Crippen LogP contribution in [0.2, 0.25) is 0 Å². The first-order chi connectivity index (χ1) is 11.0. The molecule has 0 spiro atoms. The van der Waals surface area contributed by atoms with Gasteiger partial charge >= 0.3 is 0 Å². The molecule has 23 heavy (non-hydrogen) atoms. The number of nitrogens with two attached hydrogens (primary N) is 2. The van der Waals surface area contributed by atoms with E-state index in [4.69, 9.17) is 26.2 Å². The largest absolute Gasteiger partial charge is 0.493 e. The van der Waals surface area contributed by atoms with Gasteiger partial charge in [-0.1, -0.05) is 0 Å². The van der Waals surface area contributed by atoms with Crippen molar-refractivity contribution in [2.75, 3.05) is 25.9 Å². The lowest BCUT2D eigenvalue weighted by atomic mass is 10.1. The molecule has 7 heteroatoms. The molecule has 7 nitrogen and oxygen atoms in total. The van der Waals surface area contributed by atoms with E-state index in [0.717, 1.165) is 25.9 Å². The van der Waals surface area contributed by atoms with Crippen LogP contribution in [0.15, 0.2) is 12.1 Å². The molecule has 0 aliphatic carbocycles. The maximum atomic E-state index is 11.2. The van der Waals surface area contributed by atoms with Gasteiger partial charge < -0.3 is 20.9 Å². The first-order valence-corrected chi connectivity index (χ1v) is 7.54. The fraction of sp³-hybridized carbons (Fsp3) is 0.500. The summed E-state index contributed by atoms with van der Waals surface area (Å²) in [6.07, 6.45) is 1.54. The van der Waals surface area contributed by atoms with Gasteiger partial charge in [0.05, 0.1) is 24.4 Å². The van der Waals surface area contributed by atoms with Crippen LogP contribution in [0.5, 0.6) is 11.5 Å². The Balaban J connectivity index is 2.04. The topological polar surface area (TPSA) is 115 Å². The van der Waals surface area contributed by atoms with Crippen LogP contribution in [0, 0.1) is 11.3 Å². The number of rotatable bonds is 5. The Hall–Kier alpha value is -2.46. The van der Waals surface area contributed by atoms with Crippen LogP contribution in [0.4, 0.5) is 5.69 Å². The molecule has 2 rings (SSSR count). The zero-order chi connectivity index (χ0) is 17.0. The summed E-state index contributed by atoms with van der Waals surface area (Å²) in [5.41, 5.74) is 11.8. The van der Waals surface area contributed by atoms with Gasteiger partial charge in [-0.05, 0) is 19.8 Å². The molecule has 1 aliphatic heterocycles. The number of primary amides is 1. The van der Waals surface area contributed by atoms with Crippen LogP contribution in [0.3, 0.4) is 0 Å². The molecule has 1 heterocycles. The van der Waals surface area contributed by atoms with Crippen molar-refractivity contribution in [1.29, 1.82) is 5.26 Å². The number of methoxy groups -OCH3 is 1. The van der Waals surface area contributed by atoms with Crippen LogP contribution in [0.1, 0.15) is 25.3 Å². The zero-order valence-electron chi connectivity index (χ0n) is 13.4. The van der Waals surface area contributed by atoms with Crippen molar-refractivity contribution >= 4 is 11.6 Å². The van der Waals surface area contributed by atoms with Crippen molar-refractivity contribution in [3.63, 3.8) is 0 Å². The molecule has 1 unspecified atom stereocenters. The van der Waals surface area contributed by atoms with Crippen LogP contribution in [-0.4, -0.2) is 43.2 Å². The molecule has 0 saturated carbocycles. The smallest absolute Gasteiger partial charge is 0.234 e. The maximum absolute atomic E-state index is 11.2. The summed E-state index contributed by atoms with van der Waals surface area (Å²) in [4.78, 5) is 13.3. The molecular weight excluding hydrogens is 296 g/mol. The van der Waals surface area contributed by atoms with E-state index in [0.29, 0.717) is 22.7 Å². The standard InChI is InChI=1S/C16H22N4O3/c1-10(16(19)21)20-5-3-12(4-6-20)23-15-7-11(9-17)13(18)8-14(15)22-2/h7-8,10,12H,3-6,18H2,1-2H3,(H2,19,21). The maximum Gasteiger partial charge on any atom is 0.234 e. The lowest BCUT2D eigenvalue weighted by Gasteiger charge is -2.34. The number of carbonyl (C=O) groups is 1. The van der Waals surface area contributed by atoms with Crippen molar-refractivity contribution in [3.05, 3.63) is 17.7 Å². The van der Waals surface area contributed by atoms with Gasteiger partial charge in [-0.3, -0.25) is 9.69 Å². The zero-order valence-corrected chi connectivity index (χ0v) is 13.4. The number of nitrogen functional groups attached to an aromatic ring is 1. The molecular formula is C16H22N4O3. The number of amides is 1. The molecule has 1 fully saturated rings. The molecule has 4 N–H and O–H groups in total. The van der Waals surface area contributed by atoms with Crippen molar-refractivity contribution in [2.45, 2.75) is 31.9 Å². The average molecular weight is 318 g/mol. The minimum absolute atomic E-state index is 0.00426. The number of ether oxygens (including phenoxy) is 2. The van der Waals surface area contributed by atoms with Gasteiger partial charge in [0.15, 0.2) is 11.5 Å². The van der Waals surface area contributed by atoms with Crippen LogP contribution < -0.4 is 20.9 Å². The van der Waals surface area contributed by atoms with E-state index >= 15 is 0 Å². The summed E-state index contributed by atoms with van der Waals surface area (Å²) < 4.78 is 11.3. The lowest BCUT2D eigenvalue weighted by Crippen LogP contribution is -2.48. The molecule has 0 radical (unpaired) electrons. The van der Waals surface area contributed by atoms with Gasteiger partial charge in [-0.2, -0.15) is 5.26 Å². The van der Waals surface area contributed by atoms with Crippen LogP contribution in [0.25, 0.3) is 0 Å². The summed E-state index contributed by atoms with van der Waals surface area (Å²) in [5, 5.41) is 9.08. The molecule has 1 aromatic carbocycles. The third-order valence-corrected chi connectivity index (χ3v) is 4.19. The highest BCUT2D eigenvalue weighted by atomic mass is 16.5. The third-order valence-electron chi connectivity index (χ3n) is 4.19. The first-order valence-electron chi connectivity index (χ1n) is 7.54. The summed E-state index contributed by atoms with van der Waals surface area (Å²) >= 11 is 0. The van der Waals surface area contributed by atoms with Gasteiger partial charge in [0.1, 0.15) is 12.2 Å². The Morgan fingerprint density at radius 3 is 2.57 bits per heavy atom. The van der Waals surface area contributed by atoms with Crippen LogP contribution >= 0.6 is 0 Å². The van der Waals surface area contributed by atoms with E-state index in [9.17, 15) is 4.79 Å². The highest BCUT2D eigenvalue weighted by Gasteiger charge is 2.27. The molecule has 1 aromatic rings. The molecule has 0 bridgehead atoms. The number of hydrogen-bond acceptors (Lipinski definition) is 6. The second kappa shape index (κ2) is 7.20. The number of hydrogen-bond donors (Lipinski definition) is 2. The summed E-state index contributed by atoms with van der Waals surface area (Å²) in [7, 11) is 1.53. The molecule has 1 atom stereocenters. The fourth-order valence-corrected chi connectivity index (χ4v) is 2.66. The lowest BCUT2D eigenvalue weighted by molar-refractivity contribution is -0.123. The number of benzene rings is 1. The van der Waals surface area contributed by atoms with E-state index in [2.05, 4.69) is 0 Å². The van der Waals surface area contributed by atoms with Crippen molar-refractivity contribution < 1.29 is 14.3 Å². The second-order valence-electron chi connectivity index (χ2n) is 5.63. The molecule has 124 valence electrons. The average Bonchev–Trinajstić information content (AvgIpc) is 2.55. The summed E-state index contributed by atoms with van der Waals surface area (Å²) in [6, 6.07) is 4.97. The number of anilines is 1. The van der Waals surface area contributed by atoms with E-state index in [-0.39, 0.29) is 18.1 Å². The van der Waals surface area contributed by atoms with E-state index in [1.165, 1.54) is 7.11 Å². The summed E-state index contributed by atoms with van der Waals surface area (Å²) in [6.45, 7) is 3.28. The Labute approximate surface area is 135 Å². The Kier molecular flexibility index (Phi) is 5.29. The van der Waals surface area contributed by atoms with E-state index in [1.807, 2.05) is 17.9 Å². The van der Waals surface area contributed by atoms with Gasteiger partial charge in [0, 0.05) is 25.2 Å². The Bertz CT molecular complexity index is 618. The van der Waals surface area contributed by atoms with E-state index in [1.54, 1.807) is 12.1 Å². The van der Waals surface area contributed by atoms with Gasteiger partial charge in [0.2, 0.25) is 5.91 Å². The van der Waals surface area contributed by atoms with Gasteiger partial charge in [-0.25, -0.2) is 0 Å². The number of nitrogens with zero attached hydrogens (tertiary/aromatic N) is 2. The predicted molar refractivity (Wildman–Crippen MR) is 86.0 cm³/mol. The second-order valence-corrected chi connectivity index (χ2v) is 5.63. The molecule has 0 aromatic heterocycles. The minimum Gasteiger partial charge on any atom is -0.493 e. The van der Waals surface area contributed by atoms with Crippen molar-refractivity contribution in [1.82, 2.24) is 4.90 Å². The Morgan fingerprint density at radius 1 is 1.39 bits per heavy atom. The highest BCUT2D eigenvalue weighted by Crippen LogP contribution is 2.33. The summed E-state index contributed by atoms with van der Waals surface area (Å²) in [5.74, 6) is 0.706. The predicted octanol–water partition coefficient (Wildman–Crippen LogP) is 0.866. The normalized spacial score (nSPS) is 17.3. The number of carbonyl (C=O) groups excluding carboxylic acids is 1. The van der Waals surface area contributed by atoms with Crippen LogP contribution in [-0.2, 0) is 4.79 Å². The van der Waals surface area contributed by atoms with Crippen molar-refractivity contribution in [2.24, 2.45) is 5.73 Å². The number of nitriles is 1. The molecule has 1 aliphatic rings. The number of piperidine rings is 1. The van der Waals surface area contributed by atoms with Gasteiger partial charge in [-0.15, -0.1) is 0 Å². The molecule has 1 amide bonds. The quantitative estimate of drug-likeness (QED) is 0.778. The third kappa shape index (κ3) is 3.85. The van der Waals surface area contributed by atoms with Gasteiger partial charge in [0.25, 0.3) is 0 Å². The highest BCUT2D eigenvalue weighted by molar-refractivity contribution is 5.79. The minimum atomic E-state index is -0.316. The van der Waals surface area contributed by atoms with Crippen molar-refractivity contribution in [3.8, 4) is 17.6 Å². The SMILES string of the molecule is COc1cc(N)c(C#N)cc1OC1CCN(C(C)C(N)=O)CC1. The number of likely N-dealkylation sites (tertiary alicyclic amines) is 1. The monoisotopic (exact) mass is 318 g/mol. The van der Waals surface area contributed by atoms with E-state index < -0.39 is 0 Å². The fourth-order valence-electron chi connectivity index (χ4n) is 2.66. The Morgan fingerprint density at radius 2 is 2.04 bits per heavy atom. The first kappa shape index (κ1) is 16.9. The molecule has 1 saturated heterocycles.